The first-order chi connectivity index (χ1) is 8.06. The van der Waals surface area contributed by atoms with Gasteiger partial charge in [-0.25, -0.2) is 0 Å². The van der Waals surface area contributed by atoms with E-state index in [0.717, 1.165) is 26.9 Å². The van der Waals surface area contributed by atoms with Crippen LogP contribution in [0.5, 0.6) is 0 Å². The summed E-state index contributed by atoms with van der Waals surface area (Å²) in [7, 11) is 1.16. The summed E-state index contributed by atoms with van der Waals surface area (Å²) in [6, 6.07) is -0.301. The highest BCUT2D eigenvalue weighted by atomic mass is 32.1. The average Bonchev–Trinajstić information content (AvgIpc) is 2.75. The molecule has 0 aliphatic carbocycles. The molecule has 0 aromatic carbocycles. The number of carboxylic acid groups (broad SMARTS) is 1. The van der Waals surface area contributed by atoms with Crippen LogP contribution in [0.1, 0.15) is 32.1 Å². The van der Waals surface area contributed by atoms with Crippen LogP contribution in [0.4, 0.5) is 0 Å². The maximum Gasteiger partial charge on any atom is 0.312 e. The van der Waals surface area contributed by atoms with Crippen molar-refractivity contribution in [2.75, 3.05) is 6.54 Å². The Balaban J connectivity index is 2.37. The second kappa shape index (κ2) is 6.93. The average molecular weight is 257 g/mol. The first kappa shape index (κ1) is 14.4. The third-order valence-corrected chi connectivity index (χ3v) is 3.51. The summed E-state index contributed by atoms with van der Waals surface area (Å²) in [6.45, 7) is 0.813. The van der Waals surface area contributed by atoms with Crippen molar-refractivity contribution >= 4 is 30.7 Å². The van der Waals surface area contributed by atoms with Crippen molar-refractivity contribution < 1.29 is 14.9 Å². The Labute approximate surface area is 107 Å². The van der Waals surface area contributed by atoms with E-state index in [1.54, 1.807) is 0 Å². The predicted molar refractivity (Wildman–Crippen MR) is 69.8 cm³/mol. The van der Waals surface area contributed by atoms with E-state index < -0.39 is 5.97 Å². The van der Waals surface area contributed by atoms with Crippen LogP contribution in [0.25, 0.3) is 0 Å². The van der Waals surface area contributed by atoms with Crippen molar-refractivity contribution in [2.45, 2.75) is 44.1 Å². The largest absolute Gasteiger partial charge is 0.481 e. The molecule has 2 atom stereocenters. The fourth-order valence-electron chi connectivity index (χ4n) is 2.03. The molecule has 0 bridgehead atoms. The number of aliphatic carboxylic acids is 1. The van der Waals surface area contributed by atoms with Crippen LogP contribution in [-0.2, 0) is 4.79 Å². The molecule has 0 aromatic heterocycles. The maximum absolute atomic E-state index is 10.4. The van der Waals surface area contributed by atoms with Gasteiger partial charge in [0.2, 0.25) is 0 Å². The molecule has 1 heterocycles. The predicted octanol–water partition coefficient (Wildman–Crippen LogP) is -0.0706. The van der Waals surface area contributed by atoms with Gasteiger partial charge >= 0.3 is 13.5 Å². The summed E-state index contributed by atoms with van der Waals surface area (Å²) in [5, 5.41) is 17.6. The highest BCUT2D eigenvalue weighted by Gasteiger charge is 2.29. The molecule has 4 N–H and O–H groups in total. The molecule has 1 aliphatic rings. The monoisotopic (exact) mass is 257 g/mol. The highest BCUT2D eigenvalue weighted by molar-refractivity contribution is 7.80. The van der Waals surface area contributed by atoms with Gasteiger partial charge in [0.15, 0.2) is 0 Å². The normalized spacial score (nSPS) is 21.3. The molecule has 95 valence electrons. The van der Waals surface area contributed by atoms with Gasteiger partial charge in [0.05, 0.1) is 11.0 Å². The van der Waals surface area contributed by atoms with Gasteiger partial charge in [0.1, 0.15) is 0 Å². The van der Waals surface area contributed by atoms with Crippen molar-refractivity contribution in [3.8, 4) is 0 Å². The lowest BCUT2D eigenvalue weighted by Crippen LogP contribution is -2.46. The summed E-state index contributed by atoms with van der Waals surface area (Å²) >= 11 is 5.28. The van der Waals surface area contributed by atoms with Gasteiger partial charge in [-0.05, 0) is 25.7 Å². The lowest BCUT2D eigenvalue weighted by Gasteiger charge is -2.28. The van der Waals surface area contributed by atoms with E-state index in [2.05, 4.69) is 0 Å². The van der Waals surface area contributed by atoms with E-state index in [0.29, 0.717) is 17.8 Å². The van der Waals surface area contributed by atoms with E-state index in [9.17, 15) is 4.79 Å². The first-order valence-electron chi connectivity index (χ1n) is 5.81. The Morgan fingerprint density at radius 3 is 2.94 bits per heavy atom. The quantitative estimate of drug-likeness (QED) is 0.456. The summed E-state index contributed by atoms with van der Waals surface area (Å²) < 4.78 is 0. The number of thiocarbonyl (C=S) groups is 1. The zero-order valence-corrected chi connectivity index (χ0v) is 10.5. The second-order valence-electron chi connectivity index (χ2n) is 4.28. The van der Waals surface area contributed by atoms with E-state index >= 15 is 0 Å². The summed E-state index contributed by atoms with van der Waals surface area (Å²) in [5.41, 5.74) is 5.93. The zero-order valence-electron chi connectivity index (χ0n) is 9.71. The van der Waals surface area contributed by atoms with Crippen molar-refractivity contribution in [3.63, 3.8) is 0 Å². The molecular weight excluding hydrogens is 239 g/mol. The molecule has 1 rings (SSSR count). The molecule has 1 saturated heterocycles. The van der Waals surface area contributed by atoms with Gasteiger partial charge in [-0.3, -0.25) is 4.79 Å². The van der Waals surface area contributed by atoms with Crippen LogP contribution in [0.15, 0.2) is 0 Å². The Hall–Kier alpha value is -0.655. The summed E-state index contributed by atoms with van der Waals surface area (Å²) in [4.78, 5) is 12.9. The zero-order chi connectivity index (χ0) is 12.8. The number of hydrogen-bond donors (Lipinski definition) is 3. The third-order valence-electron chi connectivity index (χ3n) is 2.98. The SMILES string of the molecule is N[C@@H](CCCC(=O)O)C(=S)N1CCCC1[B]O. The van der Waals surface area contributed by atoms with Gasteiger partial charge in [0.25, 0.3) is 0 Å². The van der Waals surface area contributed by atoms with Gasteiger partial charge < -0.3 is 20.8 Å². The standard InChI is InChI=1S/C10H18BN2O3S/c12-7(3-1-5-9(14)15)10(17)13-6-2-4-8(13)11-16/h7-8,16H,1-6,12H2,(H,14,15)/t7-,8?/m0/s1. The first-order valence-corrected chi connectivity index (χ1v) is 6.22. The van der Waals surface area contributed by atoms with E-state index in [1.165, 1.54) is 0 Å². The Kier molecular flexibility index (Phi) is 5.87. The molecule has 0 saturated carbocycles. The van der Waals surface area contributed by atoms with Crippen LogP contribution < -0.4 is 5.73 Å². The molecule has 5 nitrogen and oxygen atoms in total. The number of carbonyl (C=O) groups is 1. The smallest absolute Gasteiger partial charge is 0.312 e. The Morgan fingerprint density at radius 1 is 1.65 bits per heavy atom. The van der Waals surface area contributed by atoms with Gasteiger partial charge in [-0.15, -0.1) is 0 Å². The molecule has 7 heteroatoms. The van der Waals surface area contributed by atoms with Crippen molar-refractivity contribution in [2.24, 2.45) is 5.73 Å². The van der Waals surface area contributed by atoms with Crippen LogP contribution in [0.3, 0.4) is 0 Å². The summed E-state index contributed by atoms with van der Waals surface area (Å²) in [5.74, 6) is -0.848. The molecule has 1 radical (unpaired) electrons. The minimum atomic E-state index is -0.814. The molecule has 0 amide bonds. The molecule has 17 heavy (non-hydrogen) atoms. The van der Waals surface area contributed by atoms with E-state index in [4.69, 9.17) is 28.1 Å². The fourth-order valence-corrected chi connectivity index (χ4v) is 2.38. The fraction of sp³-hybridized carbons (Fsp3) is 0.800. The summed E-state index contributed by atoms with van der Waals surface area (Å²) in [6.07, 6.45) is 3.09. The van der Waals surface area contributed by atoms with E-state index in [-0.39, 0.29) is 18.4 Å². The lowest BCUT2D eigenvalue weighted by molar-refractivity contribution is -0.137. The Morgan fingerprint density at radius 2 is 2.35 bits per heavy atom. The lowest BCUT2D eigenvalue weighted by atomic mass is 9.86. The second-order valence-corrected chi connectivity index (χ2v) is 4.70. The molecule has 1 fully saturated rings. The van der Waals surface area contributed by atoms with E-state index in [1.807, 2.05) is 4.90 Å². The number of likely N-dealkylation sites (tertiary alicyclic amines) is 1. The van der Waals surface area contributed by atoms with Gasteiger partial charge in [-0.2, -0.15) is 0 Å². The number of nitrogens with two attached hydrogens (primary N) is 1. The minimum absolute atomic E-state index is 0.0342. The van der Waals surface area contributed by atoms with Gasteiger partial charge in [0, 0.05) is 18.9 Å². The maximum atomic E-state index is 10.4. The molecular formula is C10H18BN2O3S. The van der Waals surface area contributed by atoms with Crippen LogP contribution in [-0.4, -0.2) is 52.0 Å². The Bertz CT molecular complexity index is 291. The van der Waals surface area contributed by atoms with Crippen molar-refractivity contribution in [1.29, 1.82) is 0 Å². The van der Waals surface area contributed by atoms with Gasteiger partial charge in [-0.1, -0.05) is 12.2 Å². The molecule has 1 aliphatic heterocycles. The van der Waals surface area contributed by atoms with Crippen molar-refractivity contribution in [3.05, 3.63) is 0 Å². The third kappa shape index (κ3) is 4.25. The minimum Gasteiger partial charge on any atom is -0.481 e. The number of nitrogens with zero attached hydrogens (tertiary/aromatic N) is 1. The van der Waals surface area contributed by atoms with Crippen LogP contribution in [0, 0.1) is 0 Å². The number of rotatable bonds is 6. The highest BCUT2D eigenvalue weighted by Crippen LogP contribution is 2.18. The van der Waals surface area contributed by atoms with Crippen molar-refractivity contribution in [1.82, 2.24) is 4.90 Å². The molecule has 0 aromatic rings. The number of carboxylic acids is 1. The van der Waals surface area contributed by atoms with Crippen LogP contribution in [0.2, 0.25) is 0 Å². The molecule has 1 unspecified atom stereocenters. The number of hydrogen-bond acceptors (Lipinski definition) is 4. The molecule has 0 spiro atoms. The van der Waals surface area contributed by atoms with Crippen LogP contribution >= 0.6 is 12.2 Å². The topological polar surface area (TPSA) is 86.8 Å².